The minimum absolute atomic E-state index is 0.0704. The van der Waals surface area contributed by atoms with Gasteiger partial charge in [-0.05, 0) is 18.9 Å². The van der Waals surface area contributed by atoms with Crippen LogP contribution in [0, 0.1) is 0 Å². The molecule has 5 heteroatoms. The van der Waals surface area contributed by atoms with E-state index in [2.05, 4.69) is 6.92 Å². The van der Waals surface area contributed by atoms with Crippen LogP contribution < -0.4 is 0 Å². The third kappa shape index (κ3) is 14.8. The molecule has 0 unspecified atom stereocenters. The molecule has 2 N–H and O–H groups in total. The van der Waals surface area contributed by atoms with E-state index in [0.29, 0.717) is 4.48 Å². The van der Waals surface area contributed by atoms with Crippen LogP contribution in [0.1, 0.15) is 90.4 Å². The SMILES string of the molecule is CCCCCCCCCCCCC/C=C/C(=O)[C@@](O)(CC(=O)O)C[N+](C)(C)C. The van der Waals surface area contributed by atoms with Crippen molar-refractivity contribution >= 4 is 11.8 Å². The molecule has 0 aliphatic heterocycles. The molecule has 164 valence electrons. The zero-order valence-corrected chi connectivity index (χ0v) is 18.7. The Hall–Kier alpha value is -1.20. The molecule has 0 rings (SSSR count). The van der Waals surface area contributed by atoms with Gasteiger partial charge in [-0.3, -0.25) is 9.59 Å². The number of carboxylic acids is 1. The Morgan fingerprint density at radius 3 is 1.75 bits per heavy atom. The first kappa shape index (κ1) is 26.8. The Kier molecular flexibility index (Phi) is 14.1. The number of ketones is 1. The summed E-state index contributed by atoms with van der Waals surface area (Å²) >= 11 is 0. The lowest BCUT2D eigenvalue weighted by atomic mass is 9.92. The van der Waals surface area contributed by atoms with Gasteiger partial charge in [0.2, 0.25) is 0 Å². The van der Waals surface area contributed by atoms with E-state index in [9.17, 15) is 14.7 Å². The number of unbranched alkanes of at least 4 members (excludes halogenated alkanes) is 11. The van der Waals surface area contributed by atoms with E-state index in [0.717, 1.165) is 19.3 Å². The van der Waals surface area contributed by atoms with Crippen LogP contribution in [0.15, 0.2) is 12.2 Å². The molecule has 0 heterocycles. The summed E-state index contributed by atoms with van der Waals surface area (Å²) in [4.78, 5) is 23.4. The van der Waals surface area contributed by atoms with E-state index in [1.165, 1.54) is 63.9 Å². The summed E-state index contributed by atoms with van der Waals surface area (Å²) in [6.45, 7) is 2.31. The Labute approximate surface area is 172 Å². The monoisotopic (exact) mass is 398 g/mol. The molecule has 1 atom stereocenters. The maximum atomic E-state index is 12.4. The summed E-state index contributed by atoms with van der Waals surface area (Å²) in [6.07, 6.45) is 17.4. The van der Waals surface area contributed by atoms with Gasteiger partial charge in [0, 0.05) is 0 Å². The van der Waals surface area contributed by atoms with Crippen molar-refractivity contribution < 1.29 is 24.3 Å². The van der Waals surface area contributed by atoms with Crippen LogP contribution >= 0.6 is 0 Å². The van der Waals surface area contributed by atoms with Crippen LogP contribution in [0.4, 0.5) is 0 Å². The number of carbonyl (C=O) groups excluding carboxylic acids is 1. The summed E-state index contributed by atoms with van der Waals surface area (Å²) in [5.74, 6) is -1.67. The Morgan fingerprint density at radius 2 is 1.32 bits per heavy atom. The van der Waals surface area contributed by atoms with Gasteiger partial charge < -0.3 is 14.7 Å². The van der Waals surface area contributed by atoms with Gasteiger partial charge in [0.05, 0.1) is 27.6 Å². The minimum Gasteiger partial charge on any atom is -0.481 e. The summed E-state index contributed by atoms with van der Waals surface area (Å²) < 4.78 is 0.321. The molecule has 0 aromatic carbocycles. The second kappa shape index (κ2) is 14.7. The van der Waals surface area contributed by atoms with Gasteiger partial charge in [0.15, 0.2) is 11.4 Å². The van der Waals surface area contributed by atoms with Crippen LogP contribution in [0.25, 0.3) is 0 Å². The van der Waals surface area contributed by atoms with E-state index >= 15 is 0 Å². The van der Waals surface area contributed by atoms with Gasteiger partial charge in [-0.2, -0.15) is 0 Å². The number of aliphatic carboxylic acids is 1. The maximum Gasteiger partial charge on any atom is 0.307 e. The van der Waals surface area contributed by atoms with Crippen LogP contribution in [0.2, 0.25) is 0 Å². The second-order valence-electron chi connectivity index (χ2n) is 9.14. The van der Waals surface area contributed by atoms with Crippen LogP contribution in [-0.2, 0) is 9.59 Å². The van der Waals surface area contributed by atoms with E-state index in [1.807, 2.05) is 21.1 Å². The van der Waals surface area contributed by atoms with Crippen molar-refractivity contribution in [1.82, 2.24) is 0 Å². The van der Waals surface area contributed by atoms with E-state index in [-0.39, 0.29) is 6.54 Å². The maximum absolute atomic E-state index is 12.4. The number of allylic oxidation sites excluding steroid dienone is 1. The summed E-state index contributed by atoms with van der Waals surface area (Å²) in [6, 6.07) is 0. The zero-order valence-electron chi connectivity index (χ0n) is 18.7. The average molecular weight is 399 g/mol. The molecule has 0 spiro atoms. The molecule has 0 aromatic heterocycles. The average Bonchev–Trinajstić information content (AvgIpc) is 2.56. The van der Waals surface area contributed by atoms with Gasteiger partial charge in [-0.15, -0.1) is 0 Å². The van der Waals surface area contributed by atoms with Gasteiger partial charge >= 0.3 is 5.97 Å². The first-order chi connectivity index (χ1) is 13.1. The third-order valence-electron chi connectivity index (χ3n) is 4.88. The molecule has 0 aliphatic carbocycles. The fourth-order valence-corrected chi connectivity index (χ4v) is 3.53. The number of carboxylic acid groups (broad SMARTS) is 1. The highest BCUT2D eigenvalue weighted by Crippen LogP contribution is 2.17. The molecule has 0 fully saturated rings. The van der Waals surface area contributed by atoms with Crippen molar-refractivity contribution in [3.8, 4) is 0 Å². The highest BCUT2D eigenvalue weighted by Gasteiger charge is 2.41. The van der Waals surface area contributed by atoms with Crippen molar-refractivity contribution in [2.45, 2.75) is 96.0 Å². The molecule has 28 heavy (non-hydrogen) atoms. The lowest BCUT2D eigenvalue weighted by molar-refractivity contribution is -0.875. The summed E-state index contributed by atoms with van der Waals surface area (Å²) in [5.41, 5.74) is -1.85. The van der Waals surface area contributed by atoms with Gasteiger partial charge in [0.25, 0.3) is 0 Å². The molecule has 0 bridgehead atoms. The van der Waals surface area contributed by atoms with Crippen LogP contribution in [0.5, 0.6) is 0 Å². The fraction of sp³-hybridized carbons (Fsp3) is 0.826. The molecule has 0 radical (unpaired) electrons. The normalized spacial score (nSPS) is 14.3. The number of likely N-dealkylation sites (N-methyl/N-ethyl adjacent to an activating group) is 1. The van der Waals surface area contributed by atoms with Gasteiger partial charge in [0.1, 0.15) is 6.54 Å². The zero-order chi connectivity index (χ0) is 21.5. The van der Waals surface area contributed by atoms with Crippen molar-refractivity contribution in [3.63, 3.8) is 0 Å². The number of carbonyl (C=O) groups is 2. The number of aliphatic hydroxyl groups is 1. The first-order valence-corrected chi connectivity index (χ1v) is 11.1. The predicted octanol–water partition coefficient (Wildman–Crippen LogP) is 4.72. The quantitative estimate of drug-likeness (QED) is 0.199. The van der Waals surface area contributed by atoms with Crippen molar-refractivity contribution in [2.75, 3.05) is 27.7 Å². The van der Waals surface area contributed by atoms with Crippen molar-refractivity contribution in [3.05, 3.63) is 12.2 Å². The Morgan fingerprint density at radius 1 is 0.857 bits per heavy atom. The largest absolute Gasteiger partial charge is 0.481 e. The highest BCUT2D eigenvalue weighted by atomic mass is 16.4. The summed E-state index contributed by atoms with van der Waals surface area (Å²) in [5, 5.41) is 19.6. The number of hydrogen-bond donors (Lipinski definition) is 2. The highest BCUT2D eigenvalue weighted by molar-refractivity contribution is 5.99. The molecule has 5 nitrogen and oxygen atoms in total. The minimum atomic E-state index is -1.85. The Balaban J connectivity index is 4.00. The smallest absolute Gasteiger partial charge is 0.307 e. The van der Waals surface area contributed by atoms with Crippen molar-refractivity contribution in [1.29, 1.82) is 0 Å². The number of rotatable bonds is 18. The molecular formula is C23H44NO4+. The third-order valence-corrected chi connectivity index (χ3v) is 4.88. The van der Waals surface area contributed by atoms with E-state index in [1.54, 1.807) is 6.08 Å². The molecule has 0 amide bonds. The number of hydrogen-bond acceptors (Lipinski definition) is 3. The van der Waals surface area contributed by atoms with Gasteiger partial charge in [-0.1, -0.05) is 77.2 Å². The molecule has 0 aliphatic rings. The lowest BCUT2D eigenvalue weighted by Gasteiger charge is -2.33. The molecule has 0 saturated heterocycles. The van der Waals surface area contributed by atoms with E-state index < -0.39 is 23.8 Å². The van der Waals surface area contributed by atoms with Crippen molar-refractivity contribution in [2.24, 2.45) is 0 Å². The summed E-state index contributed by atoms with van der Waals surface area (Å²) in [7, 11) is 5.49. The predicted molar refractivity (Wildman–Crippen MR) is 115 cm³/mol. The standard InChI is InChI=1S/C23H43NO4/c1-5-6-7-8-9-10-11-12-13-14-15-16-17-18-21(25)23(28,19-22(26)27)20-24(2,3)4/h17-18,28H,5-16,19-20H2,1-4H3/p+1/b18-17+/t23-/m1/s1. The lowest BCUT2D eigenvalue weighted by Crippen LogP contribution is -2.54. The van der Waals surface area contributed by atoms with Crippen LogP contribution in [0.3, 0.4) is 0 Å². The van der Waals surface area contributed by atoms with E-state index in [4.69, 9.17) is 5.11 Å². The van der Waals surface area contributed by atoms with Crippen LogP contribution in [-0.4, -0.2) is 59.7 Å². The Bertz CT molecular complexity index is 468. The number of quaternary nitrogens is 1. The second-order valence-corrected chi connectivity index (χ2v) is 9.14. The van der Waals surface area contributed by atoms with Gasteiger partial charge in [-0.25, -0.2) is 0 Å². The molecule has 0 saturated carbocycles. The topological polar surface area (TPSA) is 74.6 Å². The fourth-order valence-electron chi connectivity index (χ4n) is 3.53. The number of nitrogens with zero attached hydrogens (tertiary/aromatic N) is 1. The first-order valence-electron chi connectivity index (χ1n) is 11.1. The molecular weight excluding hydrogens is 354 g/mol. The molecule has 0 aromatic rings.